The van der Waals surface area contributed by atoms with Gasteiger partial charge in [-0.05, 0) is 12.8 Å². The number of amides is 3. The molecule has 0 spiro atoms. The van der Waals surface area contributed by atoms with E-state index >= 15 is 0 Å². The van der Waals surface area contributed by atoms with E-state index in [0.717, 1.165) is 32.1 Å². The molecule has 10 heteroatoms. The van der Waals surface area contributed by atoms with Crippen LogP contribution >= 0.6 is 0 Å². The Balaban J connectivity index is 3.15. The molecule has 0 unspecified atom stereocenters. The molecule has 0 bridgehead atoms. The van der Waals surface area contributed by atoms with Gasteiger partial charge in [0.2, 0.25) is 5.91 Å². The van der Waals surface area contributed by atoms with E-state index in [-0.39, 0.29) is 24.5 Å². The molecule has 1 aromatic rings. The SMILES string of the molecule is CCCCCN(CCC(=O)NC(N)=O)c1c(N)n(CCCC)c(=O)[nH]c1=O. The molecular formula is C17H30N6O4. The maximum atomic E-state index is 12.4. The second kappa shape index (κ2) is 11.0. The summed E-state index contributed by atoms with van der Waals surface area (Å²) >= 11 is 0. The van der Waals surface area contributed by atoms with Crippen LogP contribution in [0.3, 0.4) is 0 Å². The zero-order valence-corrected chi connectivity index (χ0v) is 16.0. The highest BCUT2D eigenvalue weighted by Crippen LogP contribution is 2.18. The minimum absolute atomic E-state index is 0.0397. The number of aromatic nitrogens is 2. The lowest BCUT2D eigenvalue weighted by Gasteiger charge is -2.26. The molecule has 3 amide bonds. The molecule has 0 saturated heterocycles. The van der Waals surface area contributed by atoms with Gasteiger partial charge in [-0.1, -0.05) is 33.1 Å². The Bertz CT molecular complexity index is 755. The van der Waals surface area contributed by atoms with E-state index in [1.807, 2.05) is 12.2 Å². The summed E-state index contributed by atoms with van der Waals surface area (Å²) in [4.78, 5) is 51.0. The Hall–Kier alpha value is -2.78. The highest BCUT2D eigenvalue weighted by atomic mass is 16.2. The van der Waals surface area contributed by atoms with Crippen LogP contribution in [0.1, 0.15) is 52.4 Å². The molecule has 1 heterocycles. The molecule has 0 aliphatic rings. The third-order valence-electron chi connectivity index (χ3n) is 4.17. The van der Waals surface area contributed by atoms with Gasteiger partial charge in [0.25, 0.3) is 5.56 Å². The zero-order valence-electron chi connectivity index (χ0n) is 16.0. The van der Waals surface area contributed by atoms with Gasteiger partial charge in [0.15, 0.2) is 0 Å². The van der Waals surface area contributed by atoms with E-state index in [1.54, 1.807) is 4.90 Å². The minimum Gasteiger partial charge on any atom is -0.383 e. The summed E-state index contributed by atoms with van der Waals surface area (Å²) in [5.74, 6) is -0.457. The van der Waals surface area contributed by atoms with Gasteiger partial charge in [0, 0.05) is 26.1 Å². The van der Waals surface area contributed by atoms with Crippen LogP contribution in [0.25, 0.3) is 0 Å². The number of hydrogen-bond acceptors (Lipinski definition) is 6. The quantitative estimate of drug-likeness (QED) is 0.408. The van der Waals surface area contributed by atoms with Crippen molar-refractivity contribution in [2.24, 2.45) is 5.73 Å². The first-order valence-electron chi connectivity index (χ1n) is 9.28. The molecule has 0 aliphatic carbocycles. The Kier molecular flexibility index (Phi) is 9.11. The number of carbonyl (C=O) groups is 2. The summed E-state index contributed by atoms with van der Waals surface area (Å²) in [6.07, 6.45) is 4.29. The first-order chi connectivity index (χ1) is 12.8. The number of hydrogen-bond donors (Lipinski definition) is 4. The number of imide groups is 1. The number of urea groups is 1. The van der Waals surface area contributed by atoms with E-state index in [9.17, 15) is 19.2 Å². The smallest absolute Gasteiger partial charge is 0.330 e. The summed E-state index contributed by atoms with van der Waals surface area (Å²) < 4.78 is 1.34. The van der Waals surface area contributed by atoms with Gasteiger partial charge < -0.3 is 16.4 Å². The van der Waals surface area contributed by atoms with Crippen LogP contribution in [0, 0.1) is 0 Å². The molecule has 0 saturated carbocycles. The van der Waals surface area contributed by atoms with Crippen molar-refractivity contribution in [1.29, 1.82) is 0 Å². The predicted octanol–water partition coefficient (Wildman–Crippen LogP) is 0.501. The molecule has 0 atom stereocenters. The molecule has 6 N–H and O–H groups in total. The van der Waals surface area contributed by atoms with Gasteiger partial charge >= 0.3 is 11.7 Å². The Morgan fingerprint density at radius 3 is 2.37 bits per heavy atom. The number of H-pyrrole nitrogens is 1. The van der Waals surface area contributed by atoms with Crippen LogP contribution in [-0.2, 0) is 11.3 Å². The molecule has 10 nitrogen and oxygen atoms in total. The van der Waals surface area contributed by atoms with Gasteiger partial charge in [0.1, 0.15) is 11.5 Å². The molecule has 1 aromatic heterocycles. The lowest BCUT2D eigenvalue weighted by atomic mass is 10.2. The second-order valence-electron chi connectivity index (χ2n) is 6.35. The van der Waals surface area contributed by atoms with Crippen molar-refractivity contribution in [1.82, 2.24) is 14.9 Å². The number of nitrogen functional groups attached to an aromatic ring is 1. The summed E-state index contributed by atoms with van der Waals surface area (Å²) in [6, 6.07) is -0.928. The van der Waals surface area contributed by atoms with Crippen molar-refractivity contribution in [3.63, 3.8) is 0 Å². The van der Waals surface area contributed by atoms with Gasteiger partial charge in [-0.3, -0.25) is 24.5 Å². The number of primary amides is 1. The summed E-state index contributed by atoms with van der Waals surface area (Å²) in [7, 11) is 0. The van der Waals surface area contributed by atoms with E-state index in [0.29, 0.717) is 13.1 Å². The number of nitrogens with zero attached hydrogens (tertiary/aromatic N) is 2. The van der Waals surface area contributed by atoms with E-state index < -0.39 is 23.2 Å². The molecule has 0 aromatic carbocycles. The molecule has 0 fully saturated rings. The maximum Gasteiger partial charge on any atom is 0.330 e. The van der Waals surface area contributed by atoms with Gasteiger partial charge in [-0.25, -0.2) is 9.59 Å². The standard InChI is InChI=1S/C17H30N6O4/c1-3-5-7-9-22(11-8-12(24)20-16(19)26)13-14(18)23(10-6-4-2)17(27)21-15(13)25/h3-11,18H2,1-2H3,(H,21,25,27)(H3,19,20,24,26). The highest BCUT2D eigenvalue weighted by Gasteiger charge is 2.19. The van der Waals surface area contributed by atoms with Crippen molar-refractivity contribution in [3.05, 3.63) is 20.8 Å². The first kappa shape index (κ1) is 22.3. The minimum atomic E-state index is -0.928. The lowest BCUT2D eigenvalue weighted by Crippen LogP contribution is -2.41. The zero-order chi connectivity index (χ0) is 20.4. The molecule has 27 heavy (non-hydrogen) atoms. The molecular weight excluding hydrogens is 352 g/mol. The maximum absolute atomic E-state index is 12.4. The van der Waals surface area contributed by atoms with Crippen LogP contribution < -0.4 is 32.9 Å². The average Bonchev–Trinajstić information content (AvgIpc) is 2.58. The Labute approximate surface area is 157 Å². The van der Waals surface area contributed by atoms with Crippen LogP contribution in [0.5, 0.6) is 0 Å². The van der Waals surface area contributed by atoms with Crippen LogP contribution in [-0.4, -0.2) is 34.6 Å². The number of nitrogens with two attached hydrogens (primary N) is 2. The largest absolute Gasteiger partial charge is 0.383 e. The Morgan fingerprint density at radius 2 is 1.78 bits per heavy atom. The highest BCUT2D eigenvalue weighted by molar-refractivity contribution is 5.93. The van der Waals surface area contributed by atoms with Gasteiger partial charge in [0.05, 0.1) is 0 Å². The van der Waals surface area contributed by atoms with E-state index in [1.165, 1.54) is 4.57 Å². The predicted molar refractivity (Wildman–Crippen MR) is 105 cm³/mol. The number of nitrogens with one attached hydrogen (secondary N) is 2. The monoisotopic (exact) mass is 382 g/mol. The van der Waals surface area contributed by atoms with E-state index in [2.05, 4.69) is 11.9 Å². The van der Waals surface area contributed by atoms with Crippen LogP contribution in [0.4, 0.5) is 16.3 Å². The van der Waals surface area contributed by atoms with Crippen LogP contribution in [0.15, 0.2) is 9.59 Å². The topological polar surface area (TPSA) is 156 Å². The molecule has 152 valence electrons. The molecule has 1 rings (SSSR count). The second-order valence-corrected chi connectivity index (χ2v) is 6.35. The fourth-order valence-electron chi connectivity index (χ4n) is 2.75. The Morgan fingerprint density at radius 1 is 1.11 bits per heavy atom. The first-order valence-corrected chi connectivity index (χ1v) is 9.28. The molecule has 0 radical (unpaired) electrons. The van der Waals surface area contributed by atoms with Crippen molar-refractivity contribution in [2.45, 2.75) is 58.9 Å². The fourth-order valence-corrected chi connectivity index (χ4v) is 2.75. The number of aromatic amines is 1. The van der Waals surface area contributed by atoms with E-state index in [4.69, 9.17) is 11.5 Å². The fraction of sp³-hybridized carbons (Fsp3) is 0.647. The van der Waals surface area contributed by atoms with Gasteiger partial charge in [-0.2, -0.15) is 0 Å². The third-order valence-corrected chi connectivity index (χ3v) is 4.17. The van der Waals surface area contributed by atoms with Crippen LogP contribution in [0.2, 0.25) is 0 Å². The molecule has 0 aliphatic heterocycles. The number of carbonyl (C=O) groups excluding carboxylic acids is 2. The number of unbranched alkanes of at least 4 members (excludes halogenated alkanes) is 3. The number of rotatable bonds is 11. The van der Waals surface area contributed by atoms with Crippen molar-refractivity contribution in [3.8, 4) is 0 Å². The summed E-state index contributed by atoms with van der Waals surface area (Å²) in [5, 5.41) is 2.00. The summed E-state index contributed by atoms with van der Waals surface area (Å²) in [5.41, 5.74) is 10.1. The normalized spacial score (nSPS) is 10.6. The number of anilines is 2. The lowest BCUT2D eigenvalue weighted by molar-refractivity contribution is -0.119. The van der Waals surface area contributed by atoms with Crippen molar-refractivity contribution < 1.29 is 9.59 Å². The summed E-state index contributed by atoms with van der Waals surface area (Å²) in [6.45, 7) is 5.11. The van der Waals surface area contributed by atoms with Crippen molar-refractivity contribution >= 4 is 23.4 Å². The van der Waals surface area contributed by atoms with Gasteiger partial charge in [-0.15, -0.1) is 0 Å². The third kappa shape index (κ3) is 6.80. The van der Waals surface area contributed by atoms with Crippen molar-refractivity contribution in [2.75, 3.05) is 23.7 Å². The average molecular weight is 382 g/mol.